The predicted molar refractivity (Wildman–Crippen MR) is 105 cm³/mol. The van der Waals surface area contributed by atoms with Crippen LogP contribution in [-0.4, -0.2) is 75.3 Å². The number of aliphatic hydroxyl groups is 1. The highest BCUT2D eigenvalue weighted by Crippen LogP contribution is 2.10. The highest BCUT2D eigenvalue weighted by Gasteiger charge is 2.32. The second-order valence-electron chi connectivity index (χ2n) is 7.20. The molecule has 0 saturated heterocycles. The van der Waals surface area contributed by atoms with Crippen molar-refractivity contribution < 1.29 is 39.3 Å². The Morgan fingerprint density at radius 3 is 1.90 bits per heavy atom. The van der Waals surface area contributed by atoms with Gasteiger partial charge in [0.15, 0.2) is 0 Å². The summed E-state index contributed by atoms with van der Waals surface area (Å²) >= 11 is 0. The first-order valence-electron chi connectivity index (χ1n) is 9.61. The van der Waals surface area contributed by atoms with Gasteiger partial charge in [0, 0.05) is 6.42 Å². The van der Waals surface area contributed by atoms with E-state index in [0.29, 0.717) is 6.42 Å². The summed E-state index contributed by atoms with van der Waals surface area (Å²) in [4.78, 5) is 59.1. The van der Waals surface area contributed by atoms with E-state index in [9.17, 15) is 29.1 Å². The molecule has 172 valence electrons. The number of rotatable bonds is 13. The van der Waals surface area contributed by atoms with Gasteiger partial charge in [-0.3, -0.25) is 24.0 Å². The van der Waals surface area contributed by atoms with Crippen molar-refractivity contribution in [1.29, 1.82) is 0 Å². The minimum atomic E-state index is -1.33. The molecule has 0 aromatic heterocycles. The molecule has 0 bridgehead atoms. The maximum Gasteiger partial charge on any atom is 0.325 e. The van der Waals surface area contributed by atoms with E-state index in [1.807, 2.05) is 0 Å². The lowest BCUT2D eigenvalue weighted by atomic mass is 9.97. The van der Waals surface area contributed by atoms with Crippen LogP contribution >= 0.6 is 0 Å². The Kier molecular flexibility index (Phi) is 11.6. The first-order valence-corrected chi connectivity index (χ1v) is 9.61. The quantitative estimate of drug-likeness (QED) is 0.174. The van der Waals surface area contributed by atoms with Gasteiger partial charge in [0.25, 0.3) is 0 Å². The second kappa shape index (κ2) is 12.8. The Hall–Kier alpha value is -2.73. The summed E-state index contributed by atoms with van der Waals surface area (Å²) in [5, 5.41) is 34.3. The molecule has 0 aromatic carbocycles. The van der Waals surface area contributed by atoms with Crippen molar-refractivity contribution >= 4 is 29.7 Å². The lowest BCUT2D eigenvalue weighted by Crippen LogP contribution is -2.59. The lowest BCUT2D eigenvalue weighted by molar-refractivity contribution is -0.142. The average molecular weight is 432 g/mol. The number of hydrogen-bond acceptors (Lipinski definition) is 7. The molecule has 30 heavy (non-hydrogen) atoms. The first kappa shape index (κ1) is 27.3. The van der Waals surface area contributed by atoms with Crippen LogP contribution in [0.25, 0.3) is 0 Å². The number of aliphatic hydroxyl groups excluding tert-OH is 1. The Bertz CT molecular complexity index is 640. The maximum absolute atomic E-state index is 12.8. The third kappa shape index (κ3) is 9.18. The van der Waals surface area contributed by atoms with Crippen LogP contribution in [0.3, 0.4) is 0 Å². The summed E-state index contributed by atoms with van der Waals surface area (Å²) in [6, 6.07) is -4.96. The van der Waals surface area contributed by atoms with Crippen LogP contribution in [0.5, 0.6) is 0 Å². The van der Waals surface area contributed by atoms with E-state index >= 15 is 0 Å². The summed E-state index contributed by atoms with van der Waals surface area (Å²) in [6.07, 6.45) is -1.41. The molecule has 0 spiro atoms. The number of aliphatic carboxylic acids is 2. The fourth-order valence-corrected chi connectivity index (χ4v) is 2.34. The molecule has 0 fully saturated rings. The standard InChI is InChI=1S/C18H32N4O8/c1-5-8(2)14(22-16(27)13(19)10(4)23)17(28)21-11(6-7-12(24)25)15(26)20-9(3)18(29)30/h8-11,13-14,23H,5-7,19H2,1-4H3,(H,20,26)(H,21,28)(H,22,27)(H,24,25)(H,29,30). The van der Waals surface area contributed by atoms with Crippen LogP contribution in [0.1, 0.15) is 47.0 Å². The predicted octanol–water partition coefficient (Wildman–Crippen LogP) is -1.84. The molecule has 0 saturated carbocycles. The Labute approximate surface area is 174 Å². The van der Waals surface area contributed by atoms with Crippen LogP contribution in [0.2, 0.25) is 0 Å². The molecule has 12 heteroatoms. The monoisotopic (exact) mass is 432 g/mol. The van der Waals surface area contributed by atoms with E-state index in [4.69, 9.17) is 15.9 Å². The van der Waals surface area contributed by atoms with Crippen molar-refractivity contribution in [3.05, 3.63) is 0 Å². The van der Waals surface area contributed by atoms with Gasteiger partial charge in [-0.1, -0.05) is 20.3 Å². The van der Waals surface area contributed by atoms with Gasteiger partial charge in [-0.05, 0) is 26.2 Å². The third-order valence-corrected chi connectivity index (χ3v) is 4.62. The largest absolute Gasteiger partial charge is 0.481 e. The van der Waals surface area contributed by atoms with Crippen molar-refractivity contribution in [1.82, 2.24) is 16.0 Å². The summed E-state index contributed by atoms with van der Waals surface area (Å²) < 4.78 is 0. The van der Waals surface area contributed by atoms with E-state index in [1.165, 1.54) is 13.8 Å². The number of carboxylic acids is 2. The molecular formula is C18H32N4O8. The first-order chi connectivity index (χ1) is 13.8. The van der Waals surface area contributed by atoms with Gasteiger partial charge in [0.05, 0.1) is 6.10 Å². The Balaban J connectivity index is 5.47. The molecule has 0 radical (unpaired) electrons. The van der Waals surface area contributed by atoms with Crippen molar-refractivity contribution in [2.24, 2.45) is 11.7 Å². The second-order valence-corrected chi connectivity index (χ2v) is 7.20. The number of carbonyl (C=O) groups is 5. The molecule has 3 amide bonds. The van der Waals surface area contributed by atoms with Crippen molar-refractivity contribution in [2.45, 2.75) is 77.2 Å². The van der Waals surface area contributed by atoms with Gasteiger partial charge in [-0.25, -0.2) is 0 Å². The molecule has 0 aliphatic rings. The topological polar surface area (TPSA) is 208 Å². The summed E-state index contributed by atoms with van der Waals surface area (Å²) in [5.74, 6) is -5.28. The Morgan fingerprint density at radius 2 is 1.47 bits per heavy atom. The van der Waals surface area contributed by atoms with Gasteiger partial charge in [-0.2, -0.15) is 0 Å². The van der Waals surface area contributed by atoms with Crippen LogP contribution < -0.4 is 21.7 Å². The molecular weight excluding hydrogens is 400 g/mol. The van der Waals surface area contributed by atoms with E-state index in [2.05, 4.69) is 16.0 Å². The van der Waals surface area contributed by atoms with Gasteiger partial charge in [0.2, 0.25) is 17.7 Å². The molecule has 6 atom stereocenters. The Morgan fingerprint density at radius 1 is 0.900 bits per heavy atom. The minimum absolute atomic E-state index is 0.284. The zero-order valence-electron chi connectivity index (χ0n) is 17.5. The number of amides is 3. The summed E-state index contributed by atoms with van der Waals surface area (Å²) in [5.41, 5.74) is 5.58. The molecule has 0 aliphatic carbocycles. The molecule has 6 unspecified atom stereocenters. The van der Waals surface area contributed by atoms with E-state index in [-0.39, 0.29) is 12.3 Å². The van der Waals surface area contributed by atoms with E-state index < -0.39 is 66.4 Å². The SMILES string of the molecule is CCC(C)C(NC(=O)C(N)C(C)O)C(=O)NC(CCC(=O)O)C(=O)NC(C)C(=O)O. The minimum Gasteiger partial charge on any atom is -0.481 e. The normalized spacial score (nSPS) is 16.9. The van der Waals surface area contributed by atoms with Crippen LogP contribution in [0.4, 0.5) is 0 Å². The molecule has 0 aliphatic heterocycles. The maximum atomic E-state index is 12.8. The van der Waals surface area contributed by atoms with Crippen LogP contribution in [0.15, 0.2) is 0 Å². The smallest absolute Gasteiger partial charge is 0.325 e. The highest BCUT2D eigenvalue weighted by molar-refractivity contribution is 5.94. The van der Waals surface area contributed by atoms with E-state index in [0.717, 1.165) is 0 Å². The number of hydrogen-bond donors (Lipinski definition) is 7. The van der Waals surface area contributed by atoms with E-state index in [1.54, 1.807) is 13.8 Å². The van der Waals surface area contributed by atoms with Crippen molar-refractivity contribution in [3.8, 4) is 0 Å². The number of nitrogens with one attached hydrogen (secondary N) is 3. The van der Waals surface area contributed by atoms with Crippen LogP contribution in [0, 0.1) is 5.92 Å². The highest BCUT2D eigenvalue weighted by atomic mass is 16.4. The third-order valence-electron chi connectivity index (χ3n) is 4.62. The number of carboxylic acid groups (broad SMARTS) is 2. The zero-order valence-corrected chi connectivity index (χ0v) is 17.5. The molecule has 0 heterocycles. The lowest BCUT2D eigenvalue weighted by Gasteiger charge is -2.28. The van der Waals surface area contributed by atoms with Crippen molar-refractivity contribution in [3.63, 3.8) is 0 Å². The summed E-state index contributed by atoms with van der Waals surface area (Å²) in [7, 11) is 0. The van der Waals surface area contributed by atoms with Gasteiger partial charge in [0.1, 0.15) is 24.2 Å². The van der Waals surface area contributed by atoms with Crippen LogP contribution in [-0.2, 0) is 24.0 Å². The zero-order chi connectivity index (χ0) is 23.6. The average Bonchev–Trinajstić information content (AvgIpc) is 2.66. The fraction of sp³-hybridized carbons (Fsp3) is 0.722. The van der Waals surface area contributed by atoms with Gasteiger partial charge in [-0.15, -0.1) is 0 Å². The van der Waals surface area contributed by atoms with Crippen molar-refractivity contribution in [2.75, 3.05) is 0 Å². The fourth-order valence-electron chi connectivity index (χ4n) is 2.34. The molecule has 12 nitrogen and oxygen atoms in total. The molecule has 0 aromatic rings. The molecule has 0 rings (SSSR count). The number of carbonyl (C=O) groups excluding carboxylic acids is 3. The summed E-state index contributed by atoms with van der Waals surface area (Å²) in [6.45, 7) is 5.99. The molecule has 8 N–H and O–H groups in total. The van der Waals surface area contributed by atoms with Gasteiger partial charge >= 0.3 is 11.9 Å². The number of nitrogens with two attached hydrogens (primary N) is 1. The van der Waals surface area contributed by atoms with Gasteiger partial charge < -0.3 is 37.0 Å².